The molecule has 1 fully saturated rings. The largest absolute Gasteiger partial charge is 0.338 e. The van der Waals surface area contributed by atoms with E-state index in [0.717, 1.165) is 37.0 Å². The number of anilines is 1. The van der Waals surface area contributed by atoms with Gasteiger partial charge >= 0.3 is 0 Å². The SMILES string of the molecule is Cc1cc(C(C)C)nc(N(CC2CCCNC2)C(C)C)n1. The molecule has 1 N–H and O–H groups in total. The first-order valence-corrected chi connectivity index (χ1v) is 8.30. The highest BCUT2D eigenvalue weighted by Gasteiger charge is 2.21. The van der Waals surface area contributed by atoms with E-state index in [0.29, 0.717) is 17.9 Å². The Balaban J connectivity index is 2.20. The summed E-state index contributed by atoms with van der Waals surface area (Å²) in [6, 6.07) is 2.53. The van der Waals surface area contributed by atoms with E-state index in [9.17, 15) is 0 Å². The second-order valence-electron chi connectivity index (χ2n) is 6.85. The van der Waals surface area contributed by atoms with E-state index >= 15 is 0 Å². The van der Waals surface area contributed by atoms with Crippen LogP contribution in [0.5, 0.6) is 0 Å². The summed E-state index contributed by atoms with van der Waals surface area (Å²) < 4.78 is 0. The van der Waals surface area contributed by atoms with Crippen LogP contribution in [0.3, 0.4) is 0 Å². The number of aryl methyl sites for hydroxylation is 1. The van der Waals surface area contributed by atoms with Crippen LogP contribution in [0.1, 0.15) is 57.8 Å². The molecule has 2 heterocycles. The van der Waals surface area contributed by atoms with Gasteiger partial charge in [-0.3, -0.25) is 0 Å². The summed E-state index contributed by atoms with van der Waals surface area (Å²) in [7, 11) is 0. The molecular formula is C17H30N4. The lowest BCUT2D eigenvalue weighted by Crippen LogP contribution is -2.42. The summed E-state index contributed by atoms with van der Waals surface area (Å²) >= 11 is 0. The lowest BCUT2D eigenvalue weighted by Gasteiger charge is -2.33. The van der Waals surface area contributed by atoms with Crippen molar-refractivity contribution in [3.8, 4) is 0 Å². The number of nitrogens with zero attached hydrogens (tertiary/aromatic N) is 3. The molecule has 1 atom stereocenters. The van der Waals surface area contributed by atoms with Crippen molar-refractivity contribution in [1.29, 1.82) is 0 Å². The molecule has 1 aliphatic rings. The molecule has 0 amide bonds. The fourth-order valence-electron chi connectivity index (χ4n) is 2.88. The normalized spacial score (nSPS) is 19.3. The number of rotatable bonds is 5. The Bertz CT molecular complexity index is 450. The second kappa shape index (κ2) is 7.21. The van der Waals surface area contributed by atoms with Gasteiger partial charge in [0.2, 0.25) is 5.95 Å². The minimum absolute atomic E-state index is 0.425. The van der Waals surface area contributed by atoms with Crippen molar-refractivity contribution in [2.24, 2.45) is 5.92 Å². The summed E-state index contributed by atoms with van der Waals surface area (Å²) in [5, 5.41) is 3.50. The zero-order chi connectivity index (χ0) is 15.4. The van der Waals surface area contributed by atoms with Crippen LogP contribution in [-0.4, -0.2) is 35.6 Å². The van der Waals surface area contributed by atoms with Gasteiger partial charge in [0.15, 0.2) is 0 Å². The third kappa shape index (κ3) is 4.40. The summed E-state index contributed by atoms with van der Waals surface area (Å²) in [4.78, 5) is 11.9. The van der Waals surface area contributed by atoms with Gasteiger partial charge in [-0.25, -0.2) is 9.97 Å². The molecule has 0 aromatic carbocycles. The predicted molar refractivity (Wildman–Crippen MR) is 88.9 cm³/mol. The Morgan fingerprint density at radius 3 is 2.62 bits per heavy atom. The molecule has 1 unspecified atom stereocenters. The molecule has 0 bridgehead atoms. The number of nitrogens with one attached hydrogen (secondary N) is 1. The summed E-state index contributed by atoms with van der Waals surface area (Å²) in [5.74, 6) is 2.04. The fraction of sp³-hybridized carbons (Fsp3) is 0.765. The number of hydrogen-bond donors (Lipinski definition) is 1. The van der Waals surface area contributed by atoms with Crippen molar-refractivity contribution in [2.75, 3.05) is 24.5 Å². The van der Waals surface area contributed by atoms with Crippen LogP contribution >= 0.6 is 0 Å². The summed E-state index contributed by atoms with van der Waals surface area (Å²) in [6.07, 6.45) is 2.58. The van der Waals surface area contributed by atoms with Gasteiger partial charge in [0, 0.05) is 24.0 Å². The fourth-order valence-corrected chi connectivity index (χ4v) is 2.88. The van der Waals surface area contributed by atoms with E-state index in [4.69, 9.17) is 9.97 Å². The Hall–Kier alpha value is -1.16. The van der Waals surface area contributed by atoms with E-state index < -0.39 is 0 Å². The summed E-state index contributed by atoms with van der Waals surface area (Å²) in [6.45, 7) is 14.2. The van der Waals surface area contributed by atoms with Gasteiger partial charge in [0.05, 0.1) is 0 Å². The van der Waals surface area contributed by atoms with Crippen molar-refractivity contribution in [2.45, 2.75) is 59.4 Å². The second-order valence-corrected chi connectivity index (χ2v) is 6.85. The van der Waals surface area contributed by atoms with Crippen LogP contribution in [0.4, 0.5) is 5.95 Å². The minimum Gasteiger partial charge on any atom is -0.338 e. The molecule has 0 saturated carbocycles. The van der Waals surface area contributed by atoms with Gasteiger partial charge in [-0.1, -0.05) is 13.8 Å². The number of piperidine rings is 1. The van der Waals surface area contributed by atoms with Gasteiger partial charge < -0.3 is 10.2 Å². The zero-order valence-corrected chi connectivity index (χ0v) is 14.2. The van der Waals surface area contributed by atoms with Gasteiger partial charge in [-0.15, -0.1) is 0 Å². The molecule has 4 heteroatoms. The van der Waals surface area contributed by atoms with Crippen LogP contribution in [0.2, 0.25) is 0 Å². The molecule has 0 radical (unpaired) electrons. The average Bonchev–Trinajstić information content (AvgIpc) is 2.44. The maximum absolute atomic E-state index is 4.81. The Morgan fingerprint density at radius 2 is 2.05 bits per heavy atom. The summed E-state index contributed by atoms with van der Waals surface area (Å²) in [5.41, 5.74) is 2.21. The monoisotopic (exact) mass is 290 g/mol. The smallest absolute Gasteiger partial charge is 0.226 e. The van der Waals surface area contributed by atoms with Crippen molar-refractivity contribution >= 4 is 5.95 Å². The molecule has 118 valence electrons. The predicted octanol–water partition coefficient (Wildman–Crippen LogP) is 3.12. The maximum Gasteiger partial charge on any atom is 0.226 e. The van der Waals surface area contributed by atoms with Crippen LogP contribution in [-0.2, 0) is 0 Å². The van der Waals surface area contributed by atoms with Crippen molar-refractivity contribution in [3.05, 3.63) is 17.5 Å². The van der Waals surface area contributed by atoms with E-state index in [1.165, 1.54) is 12.8 Å². The van der Waals surface area contributed by atoms with Gasteiger partial charge in [0.1, 0.15) is 0 Å². The lowest BCUT2D eigenvalue weighted by molar-refractivity contribution is 0.369. The first kappa shape index (κ1) is 16.2. The van der Waals surface area contributed by atoms with Gasteiger partial charge in [-0.2, -0.15) is 0 Å². The van der Waals surface area contributed by atoms with Gasteiger partial charge in [0.25, 0.3) is 0 Å². The number of aromatic nitrogens is 2. The molecule has 21 heavy (non-hydrogen) atoms. The zero-order valence-electron chi connectivity index (χ0n) is 14.2. The van der Waals surface area contributed by atoms with Crippen LogP contribution in [0, 0.1) is 12.8 Å². The van der Waals surface area contributed by atoms with Crippen LogP contribution in [0.25, 0.3) is 0 Å². The third-order valence-electron chi connectivity index (χ3n) is 4.19. The average molecular weight is 290 g/mol. The molecule has 0 aliphatic carbocycles. The minimum atomic E-state index is 0.425. The standard InChI is InChI=1S/C17H30N4/c1-12(2)16-9-14(5)19-17(20-16)21(13(3)4)11-15-7-6-8-18-10-15/h9,12-13,15,18H,6-8,10-11H2,1-5H3. The molecule has 1 aromatic heterocycles. The van der Waals surface area contributed by atoms with Crippen molar-refractivity contribution in [1.82, 2.24) is 15.3 Å². The molecule has 1 aliphatic heterocycles. The molecule has 1 saturated heterocycles. The Kier molecular flexibility index (Phi) is 5.57. The highest BCUT2D eigenvalue weighted by Crippen LogP contribution is 2.21. The van der Waals surface area contributed by atoms with E-state index in [2.05, 4.69) is 50.9 Å². The lowest BCUT2D eigenvalue weighted by atomic mass is 9.98. The van der Waals surface area contributed by atoms with E-state index in [1.807, 2.05) is 0 Å². The van der Waals surface area contributed by atoms with Crippen LogP contribution in [0.15, 0.2) is 6.07 Å². The molecule has 1 aromatic rings. The highest BCUT2D eigenvalue weighted by atomic mass is 15.3. The molecule has 0 spiro atoms. The highest BCUT2D eigenvalue weighted by molar-refractivity contribution is 5.34. The third-order valence-corrected chi connectivity index (χ3v) is 4.19. The Labute approximate surface area is 129 Å². The van der Waals surface area contributed by atoms with Crippen LogP contribution < -0.4 is 10.2 Å². The quantitative estimate of drug-likeness (QED) is 0.904. The van der Waals surface area contributed by atoms with E-state index in [-0.39, 0.29) is 0 Å². The first-order valence-electron chi connectivity index (χ1n) is 8.30. The number of hydrogen-bond acceptors (Lipinski definition) is 4. The first-order chi connectivity index (χ1) is 9.97. The molecule has 2 rings (SSSR count). The topological polar surface area (TPSA) is 41.1 Å². The molecule has 4 nitrogen and oxygen atoms in total. The van der Waals surface area contributed by atoms with Gasteiger partial charge in [-0.05, 0) is 64.6 Å². The Morgan fingerprint density at radius 1 is 1.29 bits per heavy atom. The van der Waals surface area contributed by atoms with E-state index in [1.54, 1.807) is 0 Å². The molecular weight excluding hydrogens is 260 g/mol. The van der Waals surface area contributed by atoms with Crippen molar-refractivity contribution < 1.29 is 0 Å². The van der Waals surface area contributed by atoms with Crippen molar-refractivity contribution in [3.63, 3.8) is 0 Å². The maximum atomic E-state index is 4.81.